The van der Waals surface area contributed by atoms with Crippen LogP contribution in [0.1, 0.15) is 0 Å². The van der Waals surface area contributed by atoms with Gasteiger partial charge in [0.1, 0.15) is 10.7 Å². The van der Waals surface area contributed by atoms with Crippen molar-refractivity contribution in [2.24, 2.45) is 0 Å². The molecule has 27 heavy (non-hydrogen) atoms. The van der Waals surface area contributed by atoms with E-state index < -0.39 is 15.8 Å². The summed E-state index contributed by atoms with van der Waals surface area (Å²) in [6.07, 6.45) is 0. The number of sulfonamides is 1. The lowest BCUT2D eigenvalue weighted by atomic mass is 10.3. The first-order chi connectivity index (χ1) is 12.9. The van der Waals surface area contributed by atoms with Gasteiger partial charge in [0, 0.05) is 31.9 Å². The van der Waals surface area contributed by atoms with Crippen molar-refractivity contribution >= 4 is 33.2 Å². The molecular weight excluding hydrogens is 393 g/mol. The predicted molar refractivity (Wildman–Crippen MR) is 102 cm³/mol. The minimum absolute atomic E-state index is 0.110. The summed E-state index contributed by atoms with van der Waals surface area (Å²) in [5.41, 5.74) is 0.717. The van der Waals surface area contributed by atoms with Crippen LogP contribution in [0.3, 0.4) is 0 Å². The van der Waals surface area contributed by atoms with Gasteiger partial charge in [-0.05, 0) is 30.3 Å². The van der Waals surface area contributed by atoms with Crippen molar-refractivity contribution in [3.05, 3.63) is 59.4 Å². The summed E-state index contributed by atoms with van der Waals surface area (Å²) >= 11 is 5.90. The van der Waals surface area contributed by atoms with Gasteiger partial charge in [-0.3, -0.25) is 9.69 Å². The summed E-state index contributed by atoms with van der Waals surface area (Å²) in [6.45, 7) is 1.48. The Bertz CT molecular complexity index is 917. The van der Waals surface area contributed by atoms with Crippen LogP contribution in [0.2, 0.25) is 5.02 Å². The summed E-state index contributed by atoms with van der Waals surface area (Å²) in [6, 6.07) is 12.4. The number of nitrogens with one attached hydrogen (secondary N) is 1. The van der Waals surface area contributed by atoms with Crippen LogP contribution in [-0.4, -0.2) is 56.3 Å². The zero-order valence-electron chi connectivity index (χ0n) is 14.4. The Morgan fingerprint density at radius 3 is 2.37 bits per heavy atom. The van der Waals surface area contributed by atoms with Gasteiger partial charge in [-0.15, -0.1) is 0 Å². The highest BCUT2D eigenvalue weighted by atomic mass is 35.5. The topological polar surface area (TPSA) is 69.7 Å². The first-order valence-electron chi connectivity index (χ1n) is 8.39. The average Bonchev–Trinajstić information content (AvgIpc) is 2.62. The lowest BCUT2D eigenvalue weighted by Crippen LogP contribution is -2.50. The second kappa shape index (κ2) is 8.35. The van der Waals surface area contributed by atoms with Crippen LogP contribution in [0.5, 0.6) is 0 Å². The molecular formula is C18H19ClFN3O3S. The third kappa shape index (κ3) is 4.84. The van der Waals surface area contributed by atoms with Gasteiger partial charge in [0.05, 0.1) is 11.6 Å². The molecule has 0 spiro atoms. The van der Waals surface area contributed by atoms with E-state index in [0.29, 0.717) is 13.1 Å². The third-order valence-electron chi connectivity index (χ3n) is 4.27. The standard InChI is InChI=1S/C18H19ClFN3O3S/c19-16-12-14(20)6-7-17(16)27(25,26)23-10-8-22(9-11-23)13-18(24)21-15-4-2-1-3-5-15/h1-7,12H,8-11,13H2,(H,21,24). The number of nitrogens with zero attached hydrogens (tertiary/aromatic N) is 2. The van der Waals surface area contributed by atoms with E-state index in [2.05, 4.69) is 5.32 Å². The second-order valence-electron chi connectivity index (χ2n) is 6.17. The minimum atomic E-state index is -3.80. The monoisotopic (exact) mass is 411 g/mol. The molecule has 1 fully saturated rings. The van der Waals surface area contributed by atoms with E-state index in [1.54, 1.807) is 12.1 Å². The summed E-state index contributed by atoms with van der Waals surface area (Å²) in [5, 5.41) is 2.66. The van der Waals surface area contributed by atoms with Crippen LogP contribution in [0.25, 0.3) is 0 Å². The summed E-state index contributed by atoms with van der Waals surface area (Å²) in [7, 11) is -3.80. The molecule has 144 valence electrons. The quantitative estimate of drug-likeness (QED) is 0.820. The number of para-hydroxylation sites is 1. The Kier molecular flexibility index (Phi) is 6.11. The molecule has 1 saturated heterocycles. The van der Waals surface area contributed by atoms with Crippen LogP contribution in [0, 0.1) is 5.82 Å². The number of piperazine rings is 1. The smallest absolute Gasteiger partial charge is 0.244 e. The fourth-order valence-corrected chi connectivity index (χ4v) is 4.80. The number of carbonyl (C=O) groups excluding carboxylic acids is 1. The van der Waals surface area contributed by atoms with E-state index in [1.165, 1.54) is 10.4 Å². The van der Waals surface area contributed by atoms with Crippen molar-refractivity contribution in [1.82, 2.24) is 9.21 Å². The molecule has 9 heteroatoms. The van der Waals surface area contributed by atoms with Crippen LogP contribution >= 0.6 is 11.6 Å². The molecule has 0 bridgehead atoms. The first kappa shape index (κ1) is 19.8. The van der Waals surface area contributed by atoms with Crippen molar-refractivity contribution in [1.29, 1.82) is 0 Å². The number of carbonyl (C=O) groups is 1. The molecule has 0 saturated carbocycles. The maximum absolute atomic E-state index is 13.2. The zero-order chi connectivity index (χ0) is 19.4. The summed E-state index contributed by atoms with van der Waals surface area (Å²) in [4.78, 5) is 13.9. The maximum atomic E-state index is 13.2. The first-order valence-corrected chi connectivity index (χ1v) is 10.2. The van der Waals surface area contributed by atoms with Crippen LogP contribution in [-0.2, 0) is 14.8 Å². The molecule has 0 atom stereocenters. The van der Waals surface area contributed by atoms with E-state index in [1.807, 2.05) is 23.1 Å². The van der Waals surface area contributed by atoms with Gasteiger partial charge < -0.3 is 5.32 Å². The molecule has 0 aliphatic carbocycles. The van der Waals surface area contributed by atoms with Crippen molar-refractivity contribution in [3.8, 4) is 0 Å². The molecule has 1 heterocycles. The Morgan fingerprint density at radius 1 is 1.07 bits per heavy atom. The van der Waals surface area contributed by atoms with E-state index in [4.69, 9.17) is 11.6 Å². The number of benzene rings is 2. The fraction of sp³-hybridized carbons (Fsp3) is 0.278. The molecule has 2 aromatic rings. The Labute approximate surface area is 162 Å². The Morgan fingerprint density at radius 2 is 1.74 bits per heavy atom. The van der Waals surface area contributed by atoms with E-state index in [0.717, 1.165) is 17.8 Å². The molecule has 1 aliphatic rings. The second-order valence-corrected chi connectivity index (χ2v) is 8.48. The van der Waals surface area contributed by atoms with E-state index >= 15 is 0 Å². The fourth-order valence-electron chi connectivity index (χ4n) is 2.88. The van der Waals surface area contributed by atoms with Crippen LogP contribution in [0.15, 0.2) is 53.4 Å². The number of amides is 1. The van der Waals surface area contributed by atoms with E-state index in [9.17, 15) is 17.6 Å². The molecule has 0 radical (unpaired) electrons. The number of rotatable bonds is 5. The van der Waals surface area contributed by atoms with Crippen molar-refractivity contribution in [3.63, 3.8) is 0 Å². The third-order valence-corrected chi connectivity index (χ3v) is 6.65. The van der Waals surface area contributed by atoms with Gasteiger partial charge in [0.15, 0.2) is 0 Å². The number of halogens is 2. The Hall–Kier alpha value is -2.00. The summed E-state index contributed by atoms with van der Waals surface area (Å²) in [5.74, 6) is -0.743. The van der Waals surface area contributed by atoms with Gasteiger partial charge >= 0.3 is 0 Å². The molecule has 0 unspecified atom stereocenters. The molecule has 0 aromatic heterocycles. The normalized spacial score (nSPS) is 16.2. The number of anilines is 1. The largest absolute Gasteiger partial charge is 0.325 e. The lowest BCUT2D eigenvalue weighted by molar-refractivity contribution is -0.117. The van der Waals surface area contributed by atoms with Gasteiger partial charge in [-0.2, -0.15) is 4.31 Å². The predicted octanol–water partition coefficient (Wildman–Crippen LogP) is 2.42. The minimum Gasteiger partial charge on any atom is -0.325 e. The maximum Gasteiger partial charge on any atom is 0.244 e. The highest BCUT2D eigenvalue weighted by Gasteiger charge is 2.30. The molecule has 1 amide bonds. The zero-order valence-corrected chi connectivity index (χ0v) is 16.0. The molecule has 3 rings (SSSR count). The van der Waals surface area contributed by atoms with Gasteiger partial charge in [-0.1, -0.05) is 29.8 Å². The SMILES string of the molecule is O=C(CN1CCN(S(=O)(=O)c2ccc(F)cc2Cl)CC1)Nc1ccccc1. The van der Waals surface area contributed by atoms with Gasteiger partial charge in [0.25, 0.3) is 0 Å². The van der Waals surface area contributed by atoms with Crippen molar-refractivity contribution < 1.29 is 17.6 Å². The van der Waals surface area contributed by atoms with Gasteiger partial charge in [0.2, 0.25) is 15.9 Å². The van der Waals surface area contributed by atoms with Crippen molar-refractivity contribution in [2.75, 3.05) is 38.0 Å². The molecule has 2 aromatic carbocycles. The summed E-state index contributed by atoms with van der Waals surface area (Å²) < 4.78 is 39.9. The van der Waals surface area contributed by atoms with Crippen molar-refractivity contribution in [2.45, 2.75) is 4.90 Å². The lowest BCUT2D eigenvalue weighted by Gasteiger charge is -2.33. The molecule has 1 aliphatic heterocycles. The van der Waals surface area contributed by atoms with Crippen LogP contribution < -0.4 is 5.32 Å². The average molecular weight is 412 g/mol. The molecule has 6 nitrogen and oxygen atoms in total. The Balaban J connectivity index is 1.57. The van der Waals surface area contributed by atoms with Crippen LogP contribution in [0.4, 0.5) is 10.1 Å². The number of hydrogen-bond donors (Lipinski definition) is 1. The molecule has 1 N–H and O–H groups in total. The highest BCUT2D eigenvalue weighted by Crippen LogP contribution is 2.26. The van der Waals surface area contributed by atoms with Gasteiger partial charge in [-0.25, -0.2) is 12.8 Å². The van der Waals surface area contributed by atoms with E-state index in [-0.39, 0.29) is 35.5 Å². The highest BCUT2D eigenvalue weighted by molar-refractivity contribution is 7.89. The number of hydrogen-bond acceptors (Lipinski definition) is 4.